The predicted octanol–water partition coefficient (Wildman–Crippen LogP) is 0.782. The fraction of sp³-hybridized carbons (Fsp3) is 0.550. The minimum Gasteiger partial charge on any atom is -0.508 e. The van der Waals surface area contributed by atoms with Crippen molar-refractivity contribution in [2.45, 2.75) is 37.9 Å². The Balaban J connectivity index is 1.57. The van der Waals surface area contributed by atoms with Crippen LogP contribution < -0.4 is 10.6 Å². The van der Waals surface area contributed by atoms with E-state index in [-0.39, 0.29) is 42.8 Å². The molecule has 1 aromatic rings. The molecule has 2 heterocycles. The normalized spacial score (nSPS) is 21.3. The first-order valence-electron chi connectivity index (χ1n) is 9.96. The lowest BCUT2D eigenvalue weighted by atomic mass is 9.88. The van der Waals surface area contributed by atoms with Crippen molar-refractivity contribution in [1.82, 2.24) is 4.90 Å². The maximum Gasteiger partial charge on any atom is 0.414 e. The fourth-order valence-corrected chi connectivity index (χ4v) is 3.89. The molecule has 164 valence electrons. The average Bonchev–Trinajstić information content (AvgIpc) is 3.03. The smallest absolute Gasteiger partial charge is 0.414 e. The van der Waals surface area contributed by atoms with Crippen LogP contribution in [0.25, 0.3) is 0 Å². The van der Waals surface area contributed by atoms with E-state index in [2.05, 4.69) is 4.90 Å². The Hall–Kier alpha value is -2.85. The third kappa shape index (κ3) is 5.00. The van der Waals surface area contributed by atoms with E-state index in [0.717, 1.165) is 0 Å². The molecule has 0 saturated carbocycles. The minimum absolute atomic E-state index is 0.0183. The molecule has 0 aliphatic carbocycles. The van der Waals surface area contributed by atoms with Gasteiger partial charge in [-0.2, -0.15) is 0 Å². The van der Waals surface area contributed by atoms with E-state index < -0.39 is 17.7 Å². The lowest BCUT2D eigenvalue weighted by molar-refractivity contribution is -0.150. The van der Waals surface area contributed by atoms with Crippen molar-refractivity contribution in [3.05, 3.63) is 23.8 Å². The quantitative estimate of drug-likeness (QED) is 0.287. The molecule has 0 aromatic heterocycles. The summed E-state index contributed by atoms with van der Waals surface area (Å²) >= 11 is 0. The zero-order valence-corrected chi connectivity index (χ0v) is 17.0. The number of anilines is 1. The van der Waals surface area contributed by atoms with Crippen molar-refractivity contribution >= 4 is 23.6 Å². The number of aliphatic hydroxyl groups is 1. The van der Waals surface area contributed by atoms with Crippen molar-refractivity contribution in [2.24, 2.45) is 5.73 Å². The molecular weight excluding hydrogens is 392 g/mol. The number of cyclic esters (lactones) is 1. The van der Waals surface area contributed by atoms with Gasteiger partial charge in [-0.1, -0.05) is 0 Å². The molecule has 1 aromatic carbocycles. The number of nitrogen functional groups attached to an aromatic ring is 1. The molecule has 2 aliphatic rings. The van der Waals surface area contributed by atoms with Gasteiger partial charge in [0.1, 0.15) is 17.7 Å². The van der Waals surface area contributed by atoms with Crippen LogP contribution in [0.15, 0.2) is 18.2 Å². The highest BCUT2D eigenvalue weighted by Gasteiger charge is 2.38. The standard InChI is InChI=1S/C20H28N4O6/c1-2-29-17(26)10-20(28)5-7-23(8-6-20)11-14-12-24(19(27)30-14)16-4-3-13(25)9-15(16)18(21)22/h3-4,9,14,25,28H,2,5-8,10-12H2,1H3,(H3,21,22). The molecule has 10 nitrogen and oxygen atoms in total. The number of amides is 1. The van der Waals surface area contributed by atoms with Crippen LogP contribution in [0, 0.1) is 5.41 Å². The van der Waals surface area contributed by atoms with Crippen molar-refractivity contribution in [1.29, 1.82) is 5.41 Å². The molecule has 2 saturated heterocycles. The van der Waals surface area contributed by atoms with E-state index in [0.29, 0.717) is 38.2 Å². The van der Waals surface area contributed by atoms with Crippen molar-refractivity contribution in [3.63, 3.8) is 0 Å². The molecule has 0 bridgehead atoms. The second kappa shape index (κ2) is 8.88. The van der Waals surface area contributed by atoms with Crippen LogP contribution in [-0.4, -0.2) is 77.5 Å². The Labute approximate surface area is 174 Å². The number of benzene rings is 1. The summed E-state index contributed by atoms with van der Waals surface area (Å²) in [6.07, 6.45) is -0.0766. The van der Waals surface area contributed by atoms with Crippen molar-refractivity contribution < 1.29 is 29.3 Å². The Kier molecular flexibility index (Phi) is 6.47. The second-order valence-electron chi connectivity index (χ2n) is 7.74. The summed E-state index contributed by atoms with van der Waals surface area (Å²) in [6, 6.07) is 4.30. The van der Waals surface area contributed by atoms with Gasteiger partial charge in [0.25, 0.3) is 0 Å². The van der Waals surface area contributed by atoms with Gasteiger partial charge in [0.05, 0.1) is 30.9 Å². The van der Waals surface area contributed by atoms with Gasteiger partial charge in [0, 0.05) is 25.2 Å². The first kappa shape index (κ1) is 21.8. The Morgan fingerprint density at radius 2 is 2.10 bits per heavy atom. The molecule has 30 heavy (non-hydrogen) atoms. The number of hydrogen-bond donors (Lipinski definition) is 4. The zero-order valence-electron chi connectivity index (χ0n) is 17.0. The van der Waals surface area contributed by atoms with E-state index in [4.69, 9.17) is 20.6 Å². The number of phenolic OH excluding ortho intramolecular Hbond substituents is 1. The number of aromatic hydroxyl groups is 1. The summed E-state index contributed by atoms with van der Waals surface area (Å²) in [5.74, 6) is -0.699. The minimum atomic E-state index is -1.07. The average molecular weight is 420 g/mol. The Morgan fingerprint density at radius 1 is 1.40 bits per heavy atom. The molecule has 1 atom stereocenters. The van der Waals surface area contributed by atoms with Crippen molar-refractivity contribution in [2.75, 3.05) is 37.7 Å². The van der Waals surface area contributed by atoms with Crippen LogP contribution in [0.3, 0.4) is 0 Å². The third-order valence-corrected chi connectivity index (χ3v) is 5.46. The summed E-state index contributed by atoms with van der Waals surface area (Å²) in [5, 5.41) is 28.0. The maximum atomic E-state index is 12.4. The number of rotatable bonds is 7. The van der Waals surface area contributed by atoms with Crippen LogP contribution in [-0.2, 0) is 14.3 Å². The monoisotopic (exact) mass is 420 g/mol. The van der Waals surface area contributed by atoms with Crippen LogP contribution in [0.4, 0.5) is 10.5 Å². The highest BCUT2D eigenvalue weighted by molar-refractivity contribution is 6.04. The van der Waals surface area contributed by atoms with E-state index in [1.54, 1.807) is 6.92 Å². The van der Waals surface area contributed by atoms with Crippen LogP contribution >= 0.6 is 0 Å². The summed E-state index contributed by atoms with van der Waals surface area (Å²) in [6.45, 7) is 3.94. The van der Waals surface area contributed by atoms with E-state index >= 15 is 0 Å². The van der Waals surface area contributed by atoms with Gasteiger partial charge in [-0.25, -0.2) is 4.79 Å². The number of piperidine rings is 1. The first-order chi connectivity index (χ1) is 14.2. The number of phenols is 1. The number of hydrogen-bond acceptors (Lipinski definition) is 8. The molecule has 3 rings (SSSR count). The fourth-order valence-electron chi connectivity index (χ4n) is 3.89. The summed E-state index contributed by atoms with van der Waals surface area (Å²) in [5.41, 5.74) is 5.19. The number of nitrogens with one attached hydrogen (secondary N) is 1. The van der Waals surface area contributed by atoms with Gasteiger partial charge >= 0.3 is 12.1 Å². The largest absolute Gasteiger partial charge is 0.508 e. The maximum absolute atomic E-state index is 12.4. The van der Waals surface area contributed by atoms with Gasteiger partial charge < -0.3 is 25.4 Å². The molecule has 5 N–H and O–H groups in total. The summed E-state index contributed by atoms with van der Waals surface area (Å²) in [4.78, 5) is 27.6. The number of amidine groups is 1. The number of carbonyl (C=O) groups is 2. The first-order valence-corrected chi connectivity index (χ1v) is 9.96. The SMILES string of the molecule is CCOC(=O)CC1(O)CCN(CC2CN(c3ccc(O)cc3C(=N)N)C(=O)O2)CC1. The van der Waals surface area contributed by atoms with E-state index in [9.17, 15) is 19.8 Å². The van der Waals surface area contributed by atoms with Crippen LogP contribution in [0.2, 0.25) is 0 Å². The Bertz CT molecular complexity index is 822. The summed E-state index contributed by atoms with van der Waals surface area (Å²) < 4.78 is 10.4. The third-order valence-electron chi connectivity index (χ3n) is 5.46. The topological polar surface area (TPSA) is 149 Å². The van der Waals surface area contributed by atoms with Crippen LogP contribution in [0.5, 0.6) is 5.75 Å². The molecule has 0 radical (unpaired) electrons. The molecule has 1 unspecified atom stereocenters. The number of nitrogens with zero attached hydrogens (tertiary/aromatic N) is 2. The van der Waals surface area contributed by atoms with E-state index in [1.165, 1.54) is 23.1 Å². The van der Waals surface area contributed by atoms with Gasteiger partial charge in [0.15, 0.2) is 0 Å². The molecule has 2 aliphatic heterocycles. The van der Waals surface area contributed by atoms with Gasteiger partial charge in [-0.05, 0) is 38.0 Å². The number of carbonyl (C=O) groups excluding carboxylic acids is 2. The van der Waals surface area contributed by atoms with Crippen LogP contribution in [0.1, 0.15) is 31.7 Å². The number of likely N-dealkylation sites (tertiary alicyclic amines) is 1. The number of ether oxygens (including phenoxy) is 2. The zero-order chi connectivity index (χ0) is 21.9. The van der Waals surface area contributed by atoms with Gasteiger partial charge in [0.2, 0.25) is 0 Å². The lowest BCUT2D eigenvalue weighted by Crippen LogP contribution is -2.48. The lowest BCUT2D eigenvalue weighted by Gasteiger charge is -2.38. The van der Waals surface area contributed by atoms with Gasteiger partial charge in [-0.3, -0.25) is 20.0 Å². The molecule has 2 fully saturated rings. The summed E-state index contributed by atoms with van der Waals surface area (Å²) in [7, 11) is 0. The number of esters is 1. The second-order valence-corrected chi connectivity index (χ2v) is 7.74. The molecule has 1 amide bonds. The predicted molar refractivity (Wildman–Crippen MR) is 109 cm³/mol. The van der Waals surface area contributed by atoms with Crippen molar-refractivity contribution in [3.8, 4) is 5.75 Å². The molecular formula is C20H28N4O6. The van der Waals surface area contributed by atoms with E-state index in [1.807, 2.05) is 0 Å². The molecule has 10 heteroatoms. The highest BCUT2D eigenvalue weighted by atomic mass is 16.6. The molecule has 0 spiro atoms. The number of nitrogens with two attached hydrogens (primary N) is 1. The van der Waals surface area contributed by atoms with Gasteiger partial charge in [-0.15, -0.1) is 0 Å². The highest BCUT2D eigenvalue weighted by Crippen LogP contribution is 2.30. The Morgan fingerprint density at radius 3 is 2.73 bits per heavy atom.